The van der Waals surface area contributed by atoms with Crippen LogP contribution in [-0.2, 0) is 10.2 Å². The molecule has 0 unspecified atom stereocenters. The molecule has 4 heteroatoms. The van der Waals surface area contributed by atoms with Gasteiger partial charge in [-0.2, -0.15) is 0 Å². The van der Waals surface area contributed by atoms with Crippen LogP contribution in [0.5, 0.6) is 0 Å². The van der Waals surface area contributed by atoms with Gasteiger partial charge in [-0.05, 0) is 35.2 Å². The standard InChI is InChI=1S/C20H22FNO2/c1-20(2,3)15-6-4-14(5-7-15)18(23)12-13-19(24)22-17-10-8-16(21)9-11-17/h4-11H,12-13H2,1-3H3,(H,22,24). The van der Waals surface area contributed by atoms with Crippen LogP contribution in [0.1, 0.15) is 49.5 Å². The summed E-state index contributed by atoms with van der Waals surface area (Å²) in [5, 5.41) is 2.65. The molecular formula is C20H22FNO2. The highest BCUT2D eigenvalue weighted by Gasteiger charge is 2.15. The van der Waals surface area contributed by atoms with Crippen LogP contribution in [0, 0.1) is 5.82 Å². The molecule has 0 aliphatic rings. The average Bonchev–Trinajstić information content (AvgIpc) is 2.54. The monoisotopic (exact) mass is 327 g/mol. The van der Waals surface area contributed by atoms with E-state index in [0.717, 1.165) is 5.56 Å². The van der Waals surface area contributed by atoms with Crippen LogP contribution in [0.15, 0.2) is 48.5 Å². The molecule has 0 atom stereocenters. The predicted molar refractivity (Wildman–Crippen MR) is 93.7 cm³/mol. The molecule has 126 valence electrons. The van der Waals surface area contributed by atoms with Crippen LogP contribution in [0.4, 0.5) is 10.1 Å². The van der Waals surface area contributed by atoms with Crippen molar-refractivity contribution in [3.63, 3.8) is 0 Å². The summed E-state index contributed by atoms with van der Waals surface area (Å²) in [5.41, 5.74) is 2.32. The Morgan fingerprint density at radius 2 is 1.50 bits per heavy atom. The Morgan fingerprint density at radius 3 is 2.04 bits per heavy atom. The molecule has 0 saturated carbocycles. The molecule has 0 aromatic heterocycles. The largest absolute Gasteiger partial charge is 0.326 e. The zero-order valence-electron chi connectivity index (χ0n) is 14.2. The molecule has 0 bridgehead atoms. The number of benzene rings is 2. The van der Waals surface area contributed by atoms with Gasteiger partial charge in [0.2, 0.25) is 5.91 Å². The fraction of sp³-hybridized carbons (Fsp3) is 0.300. The van der Waals surface area contributed by atoms with Gasteiger partial charge in [0.15, 0.2) is 5.78 Å². The summed E-state index contributed by atoms with van der Waals surface area (Å²) in [7, 11) is 0. The van der Waals surface area contributed by atoms with Crippen molar-refractivity contribution < 1.29 is 14.0 Å². The van der Waals surface area contributed by atoms with Crippen molar-refractivity contribution in [3.8, 4) is 0 Å². The van der Waals surface area contributed by atoms with E-state index in [-0.39, 0.29) is 35.8 Å². The third-order valence-electron chi connectivity index (χ3n) is 3.78. The third-order valence-corrected chi connectivity index (χ3v) is 3.78. The zero-order valence-corrected chi connectivity index (χ0v) is 14.2. The number of hydrogen-bond donors (Lipinski definition) is 1. The summed E-state index contributed by atoms with van der Waals surface area (Å²) in [6, 6.07) is 13.0. The number of hydrogen-bond acceptors (Lipinski definition) is 2. The molecule has 0 saturated heterocycles. The van der Waals surface area contributed by atoms with E-state index in [2.05, 4.69) is 26.1 Å². The summed E-state index contributed by atoms with van der Waals surface area (Å²) in [5.74, 6) is -0.687. The summed E-state index contributed by atoms with van der Waals surface area (Å²) in [4.78, 5) is 24.0. The van der Waals surface area contributed by atoms with Crippen molar-refractivity contribution in [1.29, 1.82) is 0 Å². The molecule has 1 amide bonds. The van der Waals surface area contributed by atoms with Gasteiger partial charge < -0.3 is 5.32 Å². The first-order valence-corrected chi connectivity index (χ1v) is 7.95. The molecular weight excluding hydrogens is 305 g/mol. The molecule has 0 aliphatic heterocycles. The second-order valence-electron chi connectivity index (χ2n) is 6.81. The lowest BCUT2D eigenvalue weighted by Gasteiger charge is -2.18. The average molecular weight is 327 g/mol. The molecule has 0 heterocycles. The van der Waals surface area contributed by atoms with Gasteiger partial charge in [0.25, 0.3) is 0 Å². The minimum atomic E-state index is -0.359. The Morgan fingerprint density at radius 1 is 0.917 bits per heavy atom. The first-order valence-electron chi connectivity index (χ1n) is 7.95. The van der Waals surface area contributed by atoms with Crippen molar-refractivity contribution in [2.75, 3.05) is 5.32 Å². The summed E-state index contributed by atoms with van der Waals surface area (Å²) in [6.45, 7) is 6.34. The minimum Gasteiger partial charge on any atom is -0.326 e. The van der Waals surface area contributed by atoms with Crippen molar-refractivity contribution >= 4 is 17.4 Å². The maximum atomic E-state index is 12.8. The van der Waals surface area contributed by atoms with E-state index in [9.17, 15) is 14.0 Å². The van der Waals surface area contributed by atoms with Gasteiger partial charge in [0.05, 0.1) is 0 Å². The van der Waals surface area contributed by atoms with Crippen LogP contribution in [0.2, 0.25) is 0 Å². The van der Waals surface area contributed by atoms with Crippen LogP contribution in [-0.4, -0.2) is 11.7 Å². The second-order valence-corrected chi connectivity index (χ2v) is 6.81. The molecule has 0 spiro atoms. The van der Waals surface area contributed by atoms with Gasteiger partial charge in [0, 0.05) is 24.1 Å². The minimum absolute atomic E-state index is 0.0383. The number of halogens is 1. The van der Waals surface area contributed by atoms with E-state index >= 15 is 0 Å². The van der Waals surface area contributed by atoms with Crippen LogP contribution >= 0.6 is 0 Å². The fourth-order valence-corrected chi connectivity index (χ4v) is 2.28. The highest BCUT2D eigenvalue weighted by molar-refractivity contribution is 6.00. The van der Waals surface area contributed by atoms with Crippen molar-refractivity contribution in [3.05, 3.63) is 65.5 Å². The third kappa shape index (κ3) is 5.01. The lowest BCUT2D eigenvalue weighted by molar-refractivity contribution is -0.116. The molecule has 2 aromatic rings. The zero-order chi connectivity index (χ0) is 17.7. The number of nitrogens with one attached hydrogen (secondary N) is 1. The summed E-state index contributed by atoms with van der Waals surface area (Å²) < 4.78 is 12.8. The molecule has 2 rings (SSSR count). The van der Waals surface area contributed by atoms with Gasteiger partial charge in [-0.3, -0.25) is 9.59 Å². The molecule has 0 aliphatic carbocycles. The Hall–Kier alpha value is -2.49. The van der Waals surface area contributed by atoms with E-state index in [4.69, 9.17) is 0 Å². The topological polar surface area (TPSA) is 46.2 Å². The fourth-order valence-electron chi connectivity index (χ4n) is 2.28. The second kappa shape index (κ2) is 7.39. The molecule has 2 aromatic carbocycles. The highest BCUT2D eigenvalue weighted by atomic mass is 19.1. The normalized spacial score (nSPS) is 11.2. The molecule has 1 N–H and O–H groups in total. The number of rotatable bonds is 5. The highest BCUT2D eigenvalue weighted by Crippen LogP contribution is 2.22. The van der Waals surface area contributed by atoms with Crippen LogP contribution < -0.4 is 5.32 Å². The first-order chi connectivity index (χ1) is 11.3. The number of ketones is 1. The summed E-state index contributed by atoms with van der Waals surface area (Å²) >= 11 is 0. The number of carbonyl (C=O) groups is 2. The maximum absolute atomic E-state index is 12.8. The van der Waals surface area contributed by atoms with Crippen LogP contribution in [0.25, 0.3) is 0 Å². The predicted octanol–water partition coefficient (Wildman–Crippen LogP) is 4.72. The molecule has 0 fully saturated rings. The van der Waals surface area contributed by atoms with E-state index in [1.807, 2.05) is 12.1 Å². The Balaban J connectivity index is 1.88. The number of carbonyl (C=O) groups excluding carboxylic acids is 2. The van der Waals surface area contributed by atoms with Crippen molar-refractivity contribution in [2.24, 2.45) is 0 Å². The van der Waals surface area contributed by atoms with E-state index in [1.54, 1.807) is 12.1 Å². The quantitative estimate of drug-likeness (QED) is 0.807. The SMILES string of the molecule is CC(C)(C)c1ccc(C(=O)CCC(=O)Nc2ccc(F)cc2)cc1. The van der Waals surface area contributed by atoms with Gasteiger partial charge in [-0.15, -0.1) is 0 Å². The summed E-state index contributed by atoms with van der Waals surface area (Å²) in [6.07, 6.45) is 0.235. The van der Waals surface area contributed by atoms with Crippen molar-refractivity contribution in [1.82, 2.24) is 0 Å². The lowest BCUT2D eigenvalue weighted by Crippen LogP contribution is -2.14. The lowest BCUT2D eigenvalue weighted by atomic mass is 9.86. The Kier molecular flexibility index (Phi) is 5.50. The number of anilines is 1. The van der Waals surface area contributed by atoms with E-state index < -0.39 is 0 Å². The van der Waals surface area contributed by atoms with Gasteiger partial charge in [-0.1, -0.05) is 45.0 Å². The Labute approximate surface area is 141 Å². The molecule has 0 radical (unpaired) electrons. The molecule has 24 heavy (non-hydrogen) atoms. The van der Waals surface area contributed by atoms with Crippen molar-refractivity contribution in [2.45, 2.75) is 39.0 Å². The van der Waals surface area contributed by atoms with E-state index in [0.29, 0.717) is 11.3 Å². The van der Waals surface area contributed by atoms with Gasteiger partial charge in [0.1, 0.15) is 5.82 Å². The van der Waals surface area contributed by atoms with Gasteiger partial charge in [-0.25, -0.2) is 4.39 Å². The van der Waals surface area contributed by atoms with E-state index in [1.165, 1.54) is 24.3 Å². The number of amides is 1. The first kappa shape index (κ1) is 17.9. The number of Topliss-reactive ketones (excluding diaryl/α,β-unsaturated/α-hetero) is 1. The molecule has 3 nitrogen and oxygen atoms in total. The Bertz CT molecular complexity index is 713. The smallest absolute Gasteiger partial charge is 0.224 e. The van der Waals surface area contributed by atoms with Crippen LogP contribution in [0.3, 0.4) is 0 Å². The van der Waals surface area contributed by atoms with Gasteiger partial charge >= 0.3 is 0 Å². The maximum Gasteiger partial charge on any atom is 0.224 e.